The van der Waals surface area contributed by atoms with Gasteiger partial charge in [0, 0.05) is 38.3 Å². The van der Waals surface area contributed by atoms with Gasteiger partial charge < -0.3 is 10.1 Å². The number of methoxy groups -OCH3 is 1. The molecule has 1 N–H and O–H groups in total. The van der Waals surface area contributed by atoms with E-state index in [1.54, 1.807) is 7.11 Å². The molecule has 1 atom stereocenters. The van der Waals surface area contributed by atoms with Crippen LogP contribution in [0.1, 0.15) is 48.5 Å². The first kappa shape index (κ1) is 18.9. The summed E-state index contributed by atoms with van der Waals surface area (Å²) < 4.78 is 5.27. The van der Waals surface area contributed by atoms with E-state index in [0.29, 0.717) is 17.9 Å². The standard InChI is InChI=1S/C16H36N2O/c1-13(2)12-18(9-10-19-8)15(14(3)4)11-17-16(5,6)7/h13-15,17H,9-12H2,1-8H3. The van der Waals surface area contributed by atoms with Gasteiger partial charge in [0.15, 0.2) is 0 Å². The Labute approximate surface area is 121 Å². The Morgan fingerprint density at radius 1 is 1.11 bits per heavy atom. The lowest BCUT2D eigenvalue weighted by atomic mass is 9.99. The second kappa shape index (κ2) is 8.93. The quantitative estimate of drug-likeness (QED) is 0.698. The molecule has 0 aromatic heterocycles. The third-order valence-corrected chi connectivity index (χ3v) is 3.26. The highest BCUT2D eigenvalue weighted by molar-refractivity contribution is 4.81. The zero-order chi connectivity index (χ0) is 15.1. The summed E-state index contributed by atoms with van der Waals surface area (Å²) in [5.41, 5.74) is 0.178. The van der Waals surface area contributed by atoms with Crippen molar-refractivity contribution < 1.29 is 4.74 Å². The van der Waals surface area contributed by atoms with Crippen LogP contribution in [0, 0.1) is 11.8 Å². The van der Waals surface area contributed by atoms with E-state index in [0.717, 1.165) is 26.2 Å². The molecule has 3 nitrogen and oxygen atoms in total. The van der Waals surface area contributed by atoms with Crippen molar-refractivity contribution in [2.75, 3.05) is 33.4 Å². The van der Waals surface area contributed by atoms with Crippen LogP contribution in [0.4, 0.5) is 0 Å². The largest absolute Gasteiger partial charge is 0.383 e. The van der Waals surface area contributed by atoms with E-state index in [9.17, 15) is 0 Å². The van der Waals surface area contributed by atoms with Gasteiger partial charge in [-0.3, -0.25) is 4.90 Å². The van der Waals surface area contributed by atoms with Gasteiger partial charge in [-0.1, -0.05) is 27.7 Å². The van der Waals surface area contributed by atoms with E-state index < -0.39 is 0 Å². The molecule has 0 aliphatic carbocycles. The van der Waals surface area contributed by atoms with Gasteiger partial charge in [-0.15, -0.1) is 0 Å². The van der Waals surface area contributed by atoms with Gasteiger partial charge in [0.25, 0.3) is 0 Å². The molecule has 0 fully saturated rings. The lowest BCUT2D eigenvalue weighted by Crippen LogP contribution is -2.51. The lowest BCUT2D eigenvalue weighted by molar-refractivity contribution is 0.0863. The van der Waals surface area contributed by atoms with Gasteiger partial charge in [0.2, 0.25) is 0 Å². The van der Waals surface area contributed by atoms with Crippen molar-refractivity contribution in [3.63, 3.8) is 0 Å². The Morgan fingerprint density at radius 2 is 1.68 bits per heavy atom. The number of hydrogen-bond donors (Lipinski definition) is 1. The fourth-order valence-electron chi connectivity index (χ4n) is 2.27. The summed E-state index contributed by atoms with van der Waals surface area (Å²) in [6.07, 6.45) is 0. The fraction of sp³-hybridized carbons (Fsp3) is 1.00. The molecule has 0 bridgehead atoms. The van der Waals surface area contributed by atoms with E-state index in [-0.39, 0.29) is 5.54 Å². The predicted molar refractivity (Wildman–Crippen MR) is 84.7 cm³/mol. The summed E-state index contributed by atoms with van der Waals surface area (Å²) in [6.45, 7) is 19.9. The zero-order valence-electron chi connectivity index (χ0n) is 14.4. The van der Waals surface area contributed by atoms with Crippen molar-refractivity contribution in [3.8, 4) is 0 Å². The first-order chi connectivity index (χ1) is 8.67. The van der Waals surface area contributed by atoms with E-state index in [1.807, 2.05) is 0 Å². The number of nitrogens with one attached hydrogen (secondary N) is 1. The molecule has 0 heterocycles. The minimum atomic E-state index is 0.178. The van der Waals surface area contributed by atoms with Gasteiger partial charge in [0.1, 0.15) is 0 Å². The van der Waals surface area contributed by atoms with Crippen molar-refractivity contribution >= 4 is 0 Å². The molecule has 0 rings (SSSR count). The van der Waals surface area contributed by atoms with Gasteiger partial charge in [-0.05, 0) is 32.6 Å². The molecule has 0 aliphatic rings. The maximum Gasteiger partial charge on any atom is 0.0589 e. The molecule has 0 aliphatic heterocycles. The summed E-state index contributed by atoms with van der Waals surface area (Å²) >= 11 is 0. The van der Waals surface area contributed by atoms with Crippen molar-refractivity contribution in [1.82, 2.24) is 10.2 Å². The number of rotatable bonds is 9. The zero-order valence-corrected chi connectivity index (χ0v) is 14.4. The van der Waals surface area contributed by atoms with Gasteiger partial charge in [-0.2, -0.15) is 0 Å². The average Bonchev–Trinajstić information content (AvgIpc) is 2.22. The van der Waals surface area contributed by atoms with E-state index in [2.05, 4.69) is 58.7 Å². The second-order valence-electron chi connectivity index (χ2n) is 7.32. The predicted octanol–water partition coefficient (Wildman–Crippen LogP) is 3.00. The maximum absolute atomic E-state index is 5.27. The van der Waals surface area contributed by atoms with Crippen molar-refractivity contribution in [2.24, 2.45) is 11.8 Å². The van der Waals surface area contributed by atoms with Crippen molar-refractivity contribution in [1.29, 1.82) is 0 Å². The van der Waals surface area contributed by atoms with Gasteiger partial charge >= 0.3 is 0 Å². The summed E-state index contributed by atoms with van der Waals surface area (Å²) in [6, 6.07) is 0.566. The van der Waals surface area contributed by atoms with Crippen LogP contribution in [-0.4, -0.2) is 49.8 Å². The summed E-state index contributed by atoms with van der Waals surface area (Å²) in [7, 11) is 1.78. The second-order valence-corrected chi connectivity index (χ2v) is 7.32. The molecule has 0 amide bonds. The molecule has 0 spiro atoms. The highest BCUT2D eigenvalue weighted by Gasteiger charge is 2.23. The molecule has 0 aromatic rings. The van der Waals surface area contributed by atoms with Crippen LogP contribution in [0.25, 0.3) is 0 Å². The number of hydrogen-bond acceptors (Lipinski definition) is 3. The van der Waals surface area contributed by atoms with E-state index in [4.69, 9.17) is 4.74 Å². The highest BCUT2D eigenvalue weighted by Crippen LogP contribution is 2.14. The molecular weight excluding hydrogens is 236 g/mol. The van der Waals surface area contributed by atoms with Crippen molar-refractivity contribution in [2.45, 2.75) is 60.0 Å². The maximum atomic E-state index is 5.27. The Bertz CT molecular complexity index is 221. The Morgan fingerprint density at radius 3 is 2.05 bits per heavy atom. The smallest absolute Gasteiger partial charge is 0.0589 e. The molecular formula is C16H36N2O. The molecule has 116 valence electrons. The van der Waals surface area contributed by atoms with Gasteiger partial charge in [0.05, 0.1) is 6.61 Å². The fourth-order valence-corrected chi connectivity index (χ4v) is 2.27. The van der Waals surface area contributed by atoms with Crippen LogP contribution >= 0.6 is 0 Å². The van der Waals surface area contributed by atoms with E-state index in [1.165, 1.54) is 0 Å². The third-order valence-electron chi connectivity index (χ3n) is 3.26. The monoisotopic (exact) mass is 272 g/mol. The van der Waals surface area contributed by atoms with Crippen molar-refractivity contribution in [3.05, 3.63) is 0 Å². The van der Waals surface area contributed by atoms with Crippen LogP contribution in [0.15, 0.2) is 0 Å². The summed E-state index contributed by atoms with van der Waals surface area (Å²) in [5, 5.41) is 3.65. The highest BCUT2D eigenvalue weighted by atomic mass is 16.5. The van der Waals surface area contributed by atoms with Crippen LogP contribution in [0.3, 0.4) is 0 Å². The molecule has 0 aromatic carbocycles. The molecule has 19 heavy (non-hydrogen) atoms. The van der Waals surface area contributed by atoms with Crippen LogP contribution in [0.5, 0.6) is 0 Å². The Kier molecular flexibility index (Phi) is 8.88. The number of ether oxygens (including phenoxy) is 1. The molecule has 0 saturated carbocycles. The first-order valence-electron chi connectivity index (χ1n) is 7.65. The molecule has 0 saturated heterocycles. The first-order valence-corrected chi connectivity index (χ1v) is 7.65. The van der Waals surface area contributed by atoms with E-state index >= 15 is 0 Å². The Balaban J connectivity index is 4.64. The molecule has 3 heteroatoms. The summed E-state index contributed by atoms with van der Waals surface area (Å²) in [4.78, 5) is 2.58. The molecule has 0 radical (unpaired) electrons. The van der Waals surface area contributed by atoms with Crippen LogP contribution < -0.4 is 5.32 Å². The van der Waals surface area contributed by atoms with Crippen LogP contribution in [-0.2, 0) is 4.74 Å². The molecule has 1 unspecified atom stereocenters. The van der Waals surface area contributed by atoms with Gasteiger partial charge in [-0.25, -0.2) is 0 Å². The lowest BCUT2D eigenvalue weighted by Gasteiger charge is -2.37. The minimum Gasteiger partial charge on any atom is -0.383 e. The van der Waals surface area contributed by atoms with Crippen LogP contribution in [0.2, 0.25) is 0 Å². The topological polar surface area (TPSA) is 24.5 Å². The summed E-state index contributed by atoms with van der Waals surface area (Å²) in [5.74, 6) is 1.33. The minimum absolute atomic E-state index is 0.178. The SMILES string of the molecule is COCCN(CC(C)C)C(CNC(C)(C)C)C(C)C. The normalized spacial score (nSPS) is 14.7. The Hall–Kier alpha value is -0.120. The average molecular weight is 272 g/mol. The third kappa shape index (κ3) is 9.42. The number of nitrogens with zero attached hydrogens (tertiary/aromatic N) is 1.